The van der Waals surface area contributed by atoms with Gasteiger partial charge in [0.25, 0.3) is 0 Å². The Labute approximate surface area is 117 Å². The van der Waals surface area contributed by atoms with Gasteiger partial charge in [0.1, 0.15) is 0 Å². The maximum atomic E-state index is 13.2. The highest BCUT2D eigenvalue weighted by Gasteiger charge is 2.37. The number of pyridine rings is 1. The van der Waals surface area contributed by atoms with Crippen LogP contribution in [0.1, 0.15) is 56.1 Å². The molecule has 0 radical (unpaired) electrons. The van der Waals surface area contributed by atoms with Crippen molar-refractivity contribution in [3.63, 3.8) is 0 Å². The predicted molar refractivity (Wildman–Crippen MR) is 72.5 cm³/mol. The summed E-state index contributed by atoms with van der Waals surface area (Å²) in [7, 11) is 0. The number of halogens is 3. The summed E-state index contributed by atoms with van der Waals surface area (Å²) in [6, 6.07) is 1.22. The third-order valence-electron chi connectivity index (χ3n) is 4.04. The zero-order chi connectivity index (χ0) is 14.6. The largest absolute Gasteiger partial charge is 0.416 e. The van der Waals surface area contributed by atoms with E-state index in [9.17, 15) is 13.2 Å². The van der Waals surface area contributed by atoms with Crippen molar-refractivity contribution in [3.8, 4) is 0 Å². The van der Waals surface area contributed by atoms with E-state index in [1.54, 1.807) is 0 Å². The Balaban J connectivity index is 2.36. The van der Waals surface area contributed by atoms with Gasteiger partial charge < -0.3 is 5.32 Å². The second kappa shape index (κ2) is 6.57. The quantitative estimate of drug-likeness (QED) is 0.845. The lowest BCUT2D eigenvalue weighted by Gasteiger charge is -2.28. The van der Waals surface area contributed by atoms with Crippen LogP contribution in [0.15, 0.2) is 18.5 Å². The molecule has 0 spiro atoms. The van der Waals surface area contributed by atoms with Crippen LogP contribution < -0.4 is 5.32 Å². The van der Waals surface area contributed by atoms with Crippen LogP contribution in [0.3, 0.4) is 0 Å². The fraction of sp³-hybridized carbons (Fsp3) is 0.667. The summed E-state index contributed by atoms with van der Waals surface area (Å²) >= 11 is 0. The molecule has 0 aliphatic heterocycles. The average Bonchev–Trinajstić information content (AvgIpc) is 2.64. The van der Waals surface area contributed by atoms with Gasteiger partial charge in [-0.25, -0.2) is 0 Å². The molecule has 0 amide bonds. The van der Waals surface area contributed by atoms with Crippen molar-refractivity contribution in [3.05, 3.63) is 29.6 Å². The van der Waals surface area contributed by atoms with E-state index in [0.29, 0.717) is 5.56 Å². The molecule has 1 aliphatic carbocycles. The topological polar surface area (TPSA) is 24.9 Å². The van der Waals surface area contributed by atoms with Crippen LogP contribution in [-0.4, -0.2) is 17.6 Å². The highest BCUT2D eigenvalue weighted by atomic mass is 19.4. The van der Waals surface area contributed by atoms with Gasteiger partial charge in [0.15, 0.2) is 0 Å². The van der Waals surface area contributed by atoms with E-state index in [0.717, 1.165) is 44.7 Å². The van der Waals surface area contributed by atoms with Crippen molar-refractivity contribution < 1.29 is 13.2 Å². The van der Waals surface area contributed by atoms with Crippen LogP contribution in [0.5, 0.6) is 0 Å². The number of hydrogen-bond donors (Lipinski definition) is 1. The van der Waals surface area contributed by atoms with E-state index < -0.39 is 11.7 Å². The molecule has 0 bridgehead atoms. The van der Waals surface area contributed by atoms with Gasteiger partial charge in [0.05, 0.1) is 5.56 Å². The fourth-order valence-corrected chi connectivity index (χ4v) is 3.15. The third kappa shape index (κ3) is 3.51. The van der Waals surface area contributed by atoms with Crippen molar-refractivity contribution in [1.29, 1.82) is 0 Å². The SMILES string of the molecule is CCNC1CCCCCC1c1cnccc1C(F)(F)F. The first-order valence-electron chi connectivity index (χ1n) is 7.28. The Bertz CT molecular complexity index is 431. The molecule has 1 fully saturated rings. The highest BCUT2D eigenvalue weighted by molar-refractivity contribution is 5.31. The van der Waals surface area contributed by atoms with Gasteiger partial charge in [-0.2, -0.15) is 13.2 Å². The van der Waals surface area contributed by atoms with Gasteiger partial charge in [-0.05, 0) is 31.0 Å². The molecule has 1 aromatic heterocycles. The highest BCUT2D eigenvalue weighted by Crippen LogP contribution is 2.39. The van der Waals surface area contributed by atoms with Crippen LogP contribution >= 0.6 is 0 Å². The third-order valence-corrected chi connectivity index (χ3v) is 4.04. The first-order chi connectivity index (χ1) is 9.54. The Morgan fingerprint density at radius 1 is 1.25 bits per heavy atom. The van der Waals surface area contributed by atoms with E-state index in [2.05, 4.69) is 10.3 Å². The molecule has 1 aromatic rings. The molecular weight excluding hydrogens is 265 g/mol. The summed E-state index contributed by atoms with van der Waals surface area (Å²) in [6.07, 6.45) is 3.22. The van der Waals surface area contributed by atoms with E-state index >= 15 is 0 Å². The molecular formula is C15H21F3N2. The summed E-state index contributed by atoms with van der Waals surface area (Å²) in [6.45, 7) is 2.78. The predicted octanol–water partition coefficient (Wildman–Crippen LogP) is 4.13. The van der Waals surface area contributed by atoms with E-state index in [1.807, 2.05) is 6.92 Å². The van der Waals surface area contributed by atoms with Crippen molar-refractivity contribution >= 4 is 0 Å². The van der Waals surface area contributed by atoms with Crippen LogP contribution in [0.2, 0.25) is 0 Å². The summed E-state index contributed by atoms with van der Waals surface area (Å²) < 4.78 is 39.5. The Morgan fingerprint density at radius 3 is 2.70 bits per heavy atom. The summed E-state index contributed by atoms with van der Waals surface area (Å²) in [5, 5.41) is 3.36. The monoisotopic (exact) mass is 286 g/mol. The van der Waals surface area contributed by atoms with Crippen molar-refractivity contribution in [2.45, 2.75) is 57.2 Å². The zero-order valence-corrected chi connectivity index (χ0v) is 11.7. The number of alkyl halides is 3. The molecule has 0 saturated heterocycles. The Morgan fingerprint density at radius 2 is 2.00 bits per heavy atom. The van der Waals surface area contributed by atoms with Gasteiger partial charge in [-0.3, -0.25) is 4.98 Å². The zero-order valence-electron chi connectivity index (χ0n) is 11.7. The smallest absolute Gasteiger partial charge is 0.314 e. The number of nitrogens with one attached hydrogen (secondary N) is 1. The van der Waals surface area contributed by atoms with Gasteiger partial charge in [0.2, 0.25) is 0 Å². The standard InChI is InChI=1S/C15H21F3N2/c1-2-20-14-7-5-3-4-6-11(14)12-10-19-9-8-13(12)15(16,17)18/h8-11,14,20H,2-7H2,1H3. The second-order valence-electron chi connectivity index (χ2n) is 5.37. The summed E-state index contributed by atoms with van der Waals surface area (Å²) in [5.41, 5.74) is -0.171. The molecule has 1 heterocycles. The van der Waals surface area contributed by atoms with Crippen LogP contribution in [-0.2, 0) is 6.18 Å². The molecule has 1 aliphatic rings. The summed E-state index contributed by atoms with van der Waals surface area (Å²) in [4.78, 5) is 3.93. The Hall–Kier alpha value is -1.10. The number of hydrogen-bond acceptors (Lipinski definition) is 2. The molecule has 2 nitrogen and oxygen atoms in total. The van der Waals surface area contributed by atoms with Crippen LogP contribution in [0.4, 0.5) is 13.2 Å². The molecule has 0 aromatic carbocycles. The molecule has 20 heavy (non-hydrogen) atoms. The van der Waals surface area contributed by atoms with Crippen molar-refractivity contribution in [2.24, 2.45) is 0 Å². The van der Waals surface area contributed by atoms with Crippen molar-refractivity contribution in [1.82, 2.24) is 10.3 Å². The van der Waals surface area contributed by atoms with Crippen LogP contribution in [0, 0.1) is 0 Å². The van der Waals surface area contributed by atoms with Gasteiger partial charge >= 0.3 is 6.18 Å². The lowest BCUT2D eigenvalue weighted by Crippen LogP contribution is -2.35. The van der Waals surface area contributed by atoms with Crippen molar-refractivity contribution in [2.75, 3.05) is 6.54 Å². The van der Waals surface area contributed by atoms with E-state index in [4.69, 9.17) is 0 Å². The van der Waals surface area contributed by atoms with Gasteiger partial charge in [0, 0.05) is 24.4 Å². The lowest BCUT2D eigenvalue weighted by molar-refractivity contribution is -0.138. The maximum Gasteiger partial charge on any atom is 0.416 e. The normalized spacial score (nSPS) is 24.4. The summed E-state index contributed by atoms with van der Waals surface area (Å²) in [5.74, 6) is -0.0947. The first kappa shape index (κ1) is 15.3. The van der Waals surface area contributed by atoms with Gasteiger partial charge in [-0.1, -0.05) is 26.2 Å². The molecule has 2 atom stereocenters. The minimum atomic E-state index is -4.30. The van der Waals surface area contributed by atoms with E-state index in [1.165, 1.54) is 12.4 Å². The fourth-order valence-electron chi connectivity index (χ4n) is 3.15. The molecule has 2 rings (SSSR count). The maximum absolute atomic E-state index is 13.2. The average molecular weight is 286 g/mol. The number of aromatic nitrogens is 1. The molecule has 2 unspecified atom stereocenters. The molecule has 112 valence electrons. The minimum absolute atomic E-state index is 0.0947. The van der Waals surface area contributed by atoms with Gasteiger partial charge in [-0.15, -0.1) is 0 Å². The lowest BCUT2D eigenvalue weighted by atomic mass is 9.85. The Kier molecular flexibility index (Phi) is 5.02. The van der Waals surface area contributed by atoms with Crippen LogP contribution in [0.25, 0.3) is 0 Å². The molecule has 5 heteroatoms. The van der Waals surface area contributed by atoms with E-state index in [-0.39, 0.29) is 12.0 Å². The second-order valence-corrected chi connectivity index (χ2v) is 5.37. The molecule has 1 N–H and O–H groups in total. The number of likely N-dealkylation sites (N-methyl/N-ethyl adjacent to an activating group) is 1. The molecule has 1 saturated carbocycles. The minimum Gasteiger partial charge on any atom is -0.314 e. The number of nitrogens with zero attached hydrogens (tertiary/aromatic N) is 1. The first-order valence-corrected chi connectivity index (χ1v) is 7.28. The number of rotatable bonds is 3.